The molecule has 2 N–H and O–H groups in total. The van der Waals surface area contributed by atoms with E-state index in [9.17, 15) is 9.50 Å². The maximum absolute atomic E-state index is 14.1. The van der Waals surface area contributed by atoms with Crippen molar-refractivity contribution in [3.63, 3.8) is 0 Å². The maximum Gasteiger partial charge on any atom is 0.156 e. The number of benzene rings is 1. The van der Waals surface area contributed by atoms with E-state index in [1.165, 1.54) is 12.1 Å². The Morgan fingerprint density at radius 3 is 3.03 bits per heavy atom. The van der Waals surface area contributed by atoms with E-state index >= 15 is 0 Å². The van der Waals surface area contributed by atoms with Gasteiger partial charge in [0, 0.05) is 35.2 Å². The summed E-state index contributed by atoms with van der Waals surface area (Å²) >= 11 is 0. The van der Waals surface area contributed by atoms with Gasteiger partial charge in [-0.15, -0.1) is 0 Å². The Kier molecular flexibility index (Phi) is 4.51. The summed E-state index contributed by atoms with van der Waals surface area (Å²) < 4.78 is 22.0. The zero-order valence-electron chi connectivity index (χ0n) is 16.8. The minimum absolute atomic E-state index is 0.0132. The van der Waals surface area contributed by atoms with E-state index < -0.39 is 0 Å². The van der Waals surface area contributed by atoms with Gasteiger partial charge in [-0.25, -0.2) is 14.4 Å². The summed E-state index contributed by atoms with van der Waals surface area (Å²) in [4.78, 5) is 12.7. The van der Waals surface area contributed by atoms with Crippen molar-refractivity contribution in [2.45, 2.75) is 32.7 Å². The fraction of sp³-hybridized carbons (Fsp3) is 0.318. The third-order valence-electron chi connectivity index (χ3n) is 5.71. The topological polar surface area (TPSA) is 88.8 Å². The lowest BCUT2D eigenvalue weighted by atomic mass is 9.93. The van der Waals surface area contributed by atoms with E-state index in [1.54, 1.807) is 16.9 Å². The lowest BCUT2D eigenvalue weighted by Crippen LogP contribution is -2.13. The van der Waals surface area contributed by atoms with E-state index in [0.29, 0.717) is 31.0 Å². The van der Waals surface area contributed by atoms with Crippen molar-refractivity contribution in [3.05, 3.63) is 58.9 Å². The Balaban J connectivity index is 1.77. The van der Waals surface area contributed by atoms with Crippen LogP contribution in [-0.2, 0) is 13.0 Å². The largest absolute Gasteiger partial charge is 0.493 e. The van der Waals surface area contributed by atoms with E-state index in [0.717, 1.165) is 39.3 Å². The molecule has 1 atom stereocenters. The molecular weight excluding hydrogens is 385 g/mol. The molecule has 30 heavy (non-hydrogen) atoms. The van der Waals surface area contributed by atoms with Gasteiger partial charge in [0.15, 0.2) is 5.65 Å². The number of nitrogens with one attached hydrogen (secondary N) is 1. The molecule has 0 saturated heterocycles. The van der Waals surface area contributed by atoms with Crippen molar-refractivity contribution in [2.24, 2.45) is 0 Å². The summed E-state index contributed by atoms with van der Waals surface area (Å²) in [6, 6.07) is 4.61. The van der Waals surface area contributed by atoms with Crippen molar-refractivity contribution < 1.29 is 14.2 Å². The predicted molar refractivity (Wildman–Crippen MR) is 110 cm³/mol. The molecule has 1 unspecified atom stereocenters. The summed E-state index contributed by atoms with van der Waals surface area (Å²) in [6.07, 6.45) is 4.19. The first-order valence-electron chi connectivity index (χ1n) is 10.0. The van der Waals surface area contributed by atoms with Crippen molar-refractivity contribution in [1.29, 1.82) is 0 Å². The third-order valence-corrected chi connectivity index (χ3v) is 5.71. The van der Waals surface area contributed by atoms with E-state index in [4.69, 9.17) is 9.72 Å². The van der Waals surface area contributed by atoms with Crippen LogP contribution >= 0.6 is 0 Å². The van der Waals surface area contributed by atoms with Gasteiger partial charge in [0.2, 0.25) is 0 Å². The number of nitrogens with zero attached hydrogens (tertiary/aromatic N) is 4. The molecule has 0 saturated carbocycles. The van der Waals surface area contributed by atoms with Crippen LogP contribution in [0.15, 0.2) is 30.6 Å². The molecule has 2 bridgehead atoms. The Morgan fingerprint density at radius 2 is 2.20 bits per heavy atom. The zero-order valence-corrected chi connectivity index (χ0v) is 16.8. The first-order chi connectivity index (χ1) is 14.6. The molecule has 0 aliphatic carbocycles. The van der Waals surface area contributed by atoms with Gasteiger partial charge in [0.1, 0.15) is 17.1 Å². The predicted octanol–water partition coefficient (Wildman–Crippen LogP) is 3.35. The summed E-state index contributed by atoms with van der Waals surface area (Å²) in [5.74, 6) is 0.211. The van der Waals surface area contributed by atoms with Crippen LogP contribution in [-0.4, -0.2) is 43.1 Å². The normalized spacial score (nSPS) is 15.9. The molecule has 8 heteroatoms. The molecule has 5 rings (SSSR count). The molecule has 0 radical (unpaired) electrons. The van der Waals surface area contributed by atoms with Gasteiger partial charge in [-0.05, 0) is 25.1 Å². The molecule has 1 aromatic carbocycles. The molecule has 0 fully saturated rings. The minimum Gasteiger partial charge on any atom is -0.493 e. The van der Waals surface area contributed by atoms with Crippen LogP contribution in [0.2, 0.25) is 0 Å². The zero-order chi connectivity index (χ0) is 20.8. The van der Waals surface area contributed by atoms with Gasteiger partial charge in [-0.2, -0.15) is 5.10 Å². The molecule has 0 amide bonds. The van der Waals surface area contributed by atoms with Gasteiger partial charge in [-0.1, -0.05) is 6.92 Å². The number of aromatic amines is 1. The Bertz CT molecular complexity index is 1250. The summed E-state index contributed by atoms with van der Waals surface area (Å²) in [6.45, 7) is 4.72. The maximum atomic E-state index is 14.1. The van der Waals surface area contributed by atoms with Crippen LogP contribution in [0.5, 0.6) is 5.75 Å². The SMILES string of the molecule is Cc1nn(CCO)c2c1-c1cnc3[nH]cc(c3n1)C(C)c1cc(F)ccc1OCC2. The smallest absolute Gasteiger partial charge is 0.156 e. The molecule has 1 aliphatic rings. The van der Waals surface area contributed by atoms with Crippen LogP contribution in [0.3, 0.4) is 0 Å². The standard InChI is InChI=1S/C22H22FN5O2/c1-12-15-9-14(23)3-4-19(15)30-8-5-18-20(13(2)27-28(18)6-7-29)17-11-25-22-21(26-17)16(12)10-24-22/h3-4,9-12,29H,5-8H2,1-2H3,(H,24,25). The van der Waals surface area contributed by atoms with Crippen LogP contribution in [0, 0.1) is 12.7 Å². The number of ether oxygens (including phenoxy) is 1. The van der Waals surface area contributed by atoms with Gasteiger partial charge in [-0.3, -0.25) is 4.68 Å². The average molecular weight is 407 g/mol. The number of aromatic nitrogens is 5. The highest BCUT2D eigenvalue weighted by molar-refractivity contribution is 5.80. The van der Waals surface area contributed by atoms with Gasteiger partial charge in [0.25, 0.3) is 0 Å². The lowest BCUT2D eigenvalue weighted by molar-refractivity contribution is 0.263. The second kappa shape index (κ2) is 7.21. The lowest BCUT2D eigenvalue weighted by Gasteiger charge is -2.18. The molecule has 4 aromatic rings. The number of hydrogen-bond donors (Lipinski definition) is 2. The Hall–Kier alpha value is -3.26. The van der Waals surface area contributed by atoms with Crippen LogP contribution < -0.4 is 4.74 Å². The van der Waals surface area contributed by atoms with E-state index in [1.807, 2.05) is 20.0 Å². The number of aryl methyl sites for hydroxylation is 1. The minimum atomic E-state index is -0.304. The van der Waals surface area contributed by atoms with Crippen molar-refractivity contribution in [3.8, 4) is 17.0 Å². The summed E-state index contributed by atoms with van der Waals surface area (Å²) in [5.41, 5.74) is 6.53. The Labute approximate surface area is 172 Å². The third kappa shape index (κ3) is 2.95. The molecule has 154 valence electrons. The highest BCUT2D eigenvalue weighted by Gasteiger charge is 2.24. The molecular formula is C22H22FN5O2. The number of halogens is 1. The number of hydrogen-bond acceptors (Lipinski definition) is 5. The highest BCUT2D eigenvalue weighted by atomic mass is 19.1. The molecule has 7 nitrogen and oxygen atoms in total. The molecule has 0 spiro atoms. The van der Waals surface area contributed by atoms with Crippen LogP contribution in [0.4, 0.5) is 4.39 Å². The summed E-state index contributed by atoms with van der Waals surface area (Å²) in [5, 5.41) is 14.1. The van der Waals surface area contributed by atoms with Gasteiger partial charge < -0.3 is 14.8 Å². The van der Waals surface area contributed by atoms with Crippen LogP contribution in [0.25, 0.3) is 22.4 Å². The van der Waals surface area contributed by atoms with E-state index in [-0.39, 0.29) is 18.3 Å². The monoisotopic (exact) mass is 407 g/mol. The molecule has 4 heterocycles. The first kappa shape index (κ1) is 18.7. The summed E-state index contributed by atoms with van der Waals surface area (Å²) in [7, 11) is 0. The van der Waals surface area contributed by atoms with Gasteiger partial charge >= 0.3 is 0 Å². The second-order valence-corrected chi connectivity index (χ2v) is 7.55. The fourth-order valence-electron chi connectivity index (χ4n) is 4.27. The number of fused-ring (bicyclic) bond motifs is 4. The Morgan fingerprint density at radius 1 is 1.33 bits per heavy atom. The second-order valence-electron chi connectivity index (χ2n) is 7.55. The van der Waals surface area contributed by atoms with Crippen LogP contribution in [0.1, 0.15) is 35.4 Å². The van der Waals surface area contributed by atoms with Crippen molar-refractivity contribution in [2.75, 3.05) is 13.2 Å². The molecule has 1 aliphatic heterocycles. The molecule has 3 aromatic heterocycles. The number of H-pyrrole nitrogens is 1. The fourth-order valence-corrected chi connectivity index (χ4v) is 4.27. The van der Waals surface area contributed by atoms with Gasteiger partial charge in [0.05, 0.1) is 43.0 Å². The quantitative estimate of drug-likeness (QED) is 0.532. The van der Waals surface area contributed by atoms with Crippen molar-refractivity contribution >= 4 is 11.2 Å². The van der Waals surface area contributed by atoms with Crippen molar-refractivity contribution in [1.82, 2.24) is 24.7 Å². The average Bonchev–Trinajstić information content (AvgIpc) is 3.28. The first-order valence-corrected chi connectivity index (χ1v) is 10.0. The number of rotatable bonds is 2. The highest BCUT2D eigenvalue weighted by Crippen LogP contribution is 2.37. The van der Waals surface area contributed by atoms with E-state index in [2.05, 4.69) is 15.1 Å². The number of aliphatic hydroxyl groups excluding tert-OH is 1. The number of aliphatic hydroxyl groups is 1.